The lowest BCUT2D eigenvalue weighted by atomic mass is 10.0. The maximum atomic E-state index is 10.1. The first-order chi connectivity index (χ1) is 8.63. The minimum absolute atomic E-state index is 0.336. The van der Waals surface area contributed by atoms with Gasteiger partial charge in [-0.2, -0.15) is 4.98 Å². The first kappa shape index (κ1) is 13.3. The lowest BCUT2D eigenvalue weighted by molar-refractivity contribution is 0.0381. The molecule has 0 radical (unpaired) electrons. The van der Waals surface area contributed by atoms with Crippen molar-refractivity contribution in [3.05, 3.63) is 11.2 Å². The number of nitrogens with one attached hydrogen (secondary N) is 2. The molecular weight excluding hydrogens is 256 g/mol. The molecule has 2 heterocycles. The van der Waals surface area contributed by atoms with Crippen molar-refractivity contribution in [1.82, 2.24) is 9.97 Å². The normalized spacial score (nSPS) is 23.1. The van der Waals surface area contributed by atoms with Gasteiger partial charge in [0.05, 0.1) is 12.8 Å². The molecule has 1 saturated heterocycles. The predicted molar refractivity (Wildman–Crippen MR) is 70.1 cm³/mol. The van der Waals surface area contributed by atoms with Gasteiger partial charge in [-0.05, 0) is 6.92 Å². The molecule has 1 aliphatic rings. The maximum absolute atomic E-state index is 10.1. The number of hydrogen-bond donors (Lipinski definition) is 3. The molecule has 0 spiro atoms. The number of ether oxygens (including phenoxy) is 1. The number of hydrogen-bond acceptors (Lipinski definition) is 6. The molecule has 1 atom stereocenters. The average molecular weight is 273 g/mol. The van der Waals surface area contributed by atoms with Gasteiger partial charge in [0.2, 0.25) is 5.95 Å². The highest BCUT2D eigenvalue weighted by Gasteiger charge is 2.32. The van der Waals surface area contributed by atoms with Crippen LogP contribution in [0.2, 0.25) is 5.02 Å². The van der Waals surface area contributed by atoms with Crippen molar-refractivity contribution in [2.45, 2.75) is 18.9 Å². The van der Waals surface area contributed by atoms with Gasteiger partial charge in [-0.3, -0.25) is 0 Å². The van der Waals surface area contributed by atoms with Gasteiger partial charge in [-0.15, -0.1) is 0 Å². The molecule has 0 aromatic carbocycles. The van der Waals surface area contributed by atoms with Crippen LogP contribution in [-0.2, 0) is 4.74 Å². The van der Waals surface area contributed by atoms with E-state index in [1.165, 1.54) is 6.20 Å². The lowest BCUT2D eigenvalue weighted by Crippen LogP contribution is -2.37. The molecule has 0 aliphatic carbocycles. The summed E-state index contributed by atoms with van der Waals surface area (Å²) in [4.78, 5) is 8.28. The SMILES string of the molecule is CCNc1ncc(Cl)c(NCC2(O)CCOC2)n1. The van der Waals surface area contributed by atoms with E-state index in [0.29, 0.717) is 43.0 Å². The summed E-state index contributed by atoms with van der Waals surface area (Å²) in [5.74, 6) is 1.03. The van der Waals surface area contributed by atoms with E-state index in [1.54, 1.807) is 0 Å². The van der Waals surface area contributed by atoms with Gasteiger partial charge >= 0.3 is 0 Å². The Morgan fingerprint density at radius 2 is 2.39 bits per heavy atom. The smallest absolute Gasteiger partial charge is 0.224 e. The molecule has 2 rings (SSSR count). The summed E-state index contributed by atoms with van der Waals surface area (Å²) in [5, 5.41) is 16.6. The molecule has 18 heavy (non-hydrogen) atoms. The number of aromatic nitrogens is 2. The molecule has 0 bridgehead atoms. The zero-order chi connectivity index (χ0) is 13.0. The zero-order valence-corrected chi connectivity index (χ0v) is 11.0. The Hall–Kier alpha value is -1.11. The quantitative estimate of drug-likeness (QED) is 0.746. The molecule has 1 aromatic rings. The minimum atomic E-state index is -0.841. The van der Waals surface area contributed by atoms with Gasteiger partial charge in [-0.25, -0.2) is 4.98 Å². The van der Waals surface area contributed by atoms with E-state index in [0.717, 1.165) is 6.54 Å². The highest BCUT2D eigenvalue weighted by Crippen LogP contribution is 2.23. The van der Waals surface area contributed by atoms with Crippen molar-refractivity contribution in [3.63, 3.8) is 0 Å². The first-order valence-electron chi connectivity index (χ1n) is 5.93. The number of anilines is 2. The summed E-state index contributed by atoms with van der Waals surface area (Å²) in [6, 6.07) is 0. The first-order valence-corrected chi connectivity index (χ1v) is 6.31. The lowest BCUT2D eigenvalue weighted by Gasteiger charge is -2.21. The summed E-state index contributed by atoms with van der Waals surface area (Å²) in [6.45, 7) is 3.97. The Morgan fingerprint density at radius 1 is 1.56 bits per heavy atom. The summed E-state index contributed by atoms with van der Waals surface area (Å²) >= 11 is 6.00. The Morgan fingerprint density at radius 3 is 3.06 bits per heavy atom. The molecule has 1 fully saturated rings. The van der Waals surface area contributed by atoms with Crippen LogP contribution in [0.3, 0.4) is 0 Å². The Kier molecular flexibility index (Phi) is 4.21. The summed E-state index contributed by atoms with van der Waals surface area (Å²) in [6.07, 6.45) is 2.15. The molecule has 3 N–H and O–H groups in total. The molecule has 1 unspecified atom stereocenters. The van der Waals surface area contributed by atoms with E-state index in [4.69, 9.17) is 16.3 Å². The van der Waals surface area contributed by atoms with Crippen molar-refractivity contribution in [2.75, 3.05) is 36.9 Å². The van der Waals surface area contributed by atoms with E-state index < -0.39 is 5.60 Å². The van der Waals surface area contributed by atoms with Gasteiger partial charge < -0.3 is 20.5 Å². The van der Waals surface area contributed by atoms with Crippen LogP contribution in [0.5, 0.6) is 0 Å². The van der Waals surface area contributed by atoms with Crippen LogP contribution in [0.4, 0.5) is 11.8 Å². The third-order valence-electron chi connectivity index (χ3n) is 2.75. The van der Waals surface area contributed by atoms with Crippen LogP contribution >= 0.6 is 11.6 Å². The Bertz CT molecular complexity index is 410. The van der Waals surface area contributed by atoms with Gasteiger partial charge in [-0.1, -0.05) is 11.6 Å². The van der Waals surface area contributed by atoms with Crippen molar-refractivity contribution in [3.8, 4) is 0 Å². The van der Waals surface area contributed by atoms with E-state index in [-0.39, 0.29) is 0 Å². The third-order valence-corrected chi connectivity index (χ3v) is 3.02. The molecule has 100 valence electrons. The topological polar surface area (TPSA) is 79.3 Å². The van der Waals surface area contributed by atoms with Crippen LogP contribution in [0.1, 0.15) is 13.3 Å². The van der Waals surface area contributed by atoms with E-state index in [9.17, 15) is 5.11 Å². The maximum Gasteiger partial charge on any atom is 0.224 e. The van der Waals surface area contributed by atoms with E-state index in [2.05, 4.69) is 20.6 Å². The molecule has 0 saturated carbocycles. The van der Waals surface area contributed by atoms with Crippen LogP contribution in [0, 0.1) is 0 Å². The van der Waals surface area contributed by atoms with Gasteiger partial charge in [0.15, 0.2) is 5.82 Å². The van der Waals surface area contributed by atoms with Crippen molar-refractivity contribution < 1.29 is 9.84 Å². The Labute approximate surface area is 111 Å². The summed E-state index contributed by atoms with van der Waals surface area (Å²) in [7, 11) is 0. The molecule has 1 aromatic heterocycles. The van der Waals surface area contributed by atoms with Crippen LogP contribution in [0.25, 0.3) is 0 Å². The Balaban J connectivity index is 2.01. The van der Waals surface area contributed by atoms with Crippen LogP contribution < -0.4 is 10.6 Å². The highest BCUT2D eigenvalue weighted by atomic mass is 35.5. The van der Waals surface area contributed by atoms with Gasteiger partial charge in [0.25, 0.3) is 0 Å². The van der Waals surface area contributed by atoms with Crippen molar-refractivity contribution in [1.29, 1.82) is 0 Å². The number of nitrogens with zero attached hydrogens (tertiary/aromatic N) is 2. The molecule has 1 aliphatic heterocycles. The van der Waals surface area contributed by atoms with Gasteiger partial charge in [0, 0.05) is 26.1 Å². The minimum Gasteiger partial charge on any atom is -0.386 e. The molecular formula is C11H17ClN4O2. The summed E-state index contributed by atoms with van der Waals surface area (Å²) in [5.41, 5.74) is -0.841. The second kappa shape index (κ2) is 5.69. The number of aliphatic hydroxyl groups is 1. The largest absolute Gasteiger partial charge is 0.386 e. The monoisotopic (exact) mass is 272 g/mol. The fraction of sp³-hybridized carbons (Fsp3) is 0.636. The third kappa shape index (κ3) is 3.22. The molecule has 6 nitrogen and oxygen atoms in total. The fourth-order valence-electron chi connectivity index (χ4n) is 1.72. The van der Waals surface area contributed by atoms with Gasteiger partial charge in [0.1, 0.15) is 10.6 Å². The van der Waals surface area contributed by atoms with E-state index in [1.807, 2.05) is 6.92 Å². The second-order valence-corrected chi connectivity index (χ2v) is 4.71. The fourth-order valence-corrected chi connectivity index (χ4v) is 1.88. The predicted octanol–water partition coefficient (Wildman–Crippen LogP) is 1.13. The zero-order valence-electron chi connectivity index (χ0n) is 10.2. The number of rotatable bonds is 5. The molecule has 0 amide bonds. The van der Waals surface area contributed by atoms with Crippen LogP contribution in [-0.4, -0.2) is 47.0 Å². The number of halogens is 1. The average Bonchev–Trinajstić information content (AvgIpc) is 2.78. The second-order valence-electron chi connectivity index (χ2n) is 4.30. The van der Waals surface area contributed by atoms with Crippen molar-refractivity contribution >= 4 is 23.4 Å². The molecule has 7 heteroatoms. The highest BCUT2D eigenvalue weighted by molar-refractivity contribution is 6.32. The van der Waals surface area contributed by atoms with E-state index >= 15 is 0 Å². The standard InChI is InChI=1S/C11H17ClN4O2/c1-2-13-10-14-5-8(12)9(16-10)15-6-11(17)3-4-18-7-11/h5,17H,2-4,6-7H2,1H3,(H2,13,14,15,16). The summed E-state index contributed by atoms with van der Waals surface area (Å²) < 4.78 is 5.17. The van der Waals surface area contributed by atoms with Crippen LogP contribution in [0.15, 0.2) is 6.20 Å². The van der Waals surface area contributed by atoms with Crippen molar-refractivity contribution in [2.24, 2.45) is 0 Å².